The number of nitrogens with one attached hydrogen (secondary N) is 1. The van der Waals surface area contributed by atoms with Crippen molar-refractivity contribution in [3.8, 4) is 11.3 Å². The van der Waals surface area contributed by atoms with Crippen molar-refractivity contribution in [2.24, 2.45) is 0 Å². The lowest BCUT2D eigenvalue weighted by Gasteiger charge is -2.26. The summed E-state index contributed by atoms with van der Waals surface area (Å²) in [5.74, 6) is 0. The lowest BCUT2D eigenvalue weighted by Crippen LogP contribution is -2.40. The minimum absolute atomic E-state index is 0.139. The number of nitrogens with zero attached hydrogens (tertiary/aromatic N) is 1. The van der Waals surface area contributed by atoms with E-state index in [4.69, 9.17) is 27.9 Å². The number of sulfonamides is 1. The number of aldehydes is 1. The molecule has 27 heavy (non-hydrogen) atoms. The third kappa shape index (κ3) is 3.30. The van der Waals surface area contributed by atoms with Gasteiger partial charge in [0.2, 0.25) is 10.0 Å². The standard InChI is InChI=1S/C17H14Cl2N2O4S2/c18-15-8-12(17(19)26-15)16-13(9-22)11-7-10(1-2-14(11)20-16)27(23,24)21-3-5-25-6-4-21/h1-2,7-9,20H,3-6H2. The van der Waals surface area contributed by atoms with Crippen LogP contribution in [0.3, 0.4) is 0 Å². The Morgan fingerprint density at radius 2 is 1.93 bits per heavy atom. The average Bonchev–Trinajstić information content (AvgIpc) is 3.20. The highest BCUT2D eigenvalue weighted by Gasteiger charge is 2.27. The van der Waals surface area contributed by atoms with E-state index < -0.39 is 10.0 Å². The summed E-state index contributed by atoms with van der Waals surface area (Å²) in [5.41, 5.74) is 2.13. The number of thiophene rings is 1. The Balaban J connectivity index is 1.85. The minimum atomic E-state index is -3.66. The van der Waals surface area contributed by atoms with Crippen LogP contribution in [-0.2, 0) is 14.8 Å². The highest BCUT2D eigenvalue weighted by Crippen LogP contribution is 2.41. The summed E-state index contributed by atoms with van der Waals surface area (Å²) in [6.45, 7) is 1.35. The van der Waals surface area contributed by atoms with E-state index in [2.05, 4.69) is 4.98 Å². The van der Waals surface area contributed by atoms with Crippen LogP contribution in [0.1, 0.15) is 10.4 Å². The maximum Gasteiger partial charge on any atom is 0.243 e. The van der Waals surface area contributed by atoms with Gasteiger partial charge in [0.25, 0.3) is 0 Å². The van der Waals surface area contributed by atoms with Gasteiger partial charge >= 0.3 is 0 Å². The molecule has 1 aliphatic rings. The van der Waals surface area contributed by atoms with Crippen molar-refractivity contribution in [2.75, 3.05) is 26.3 Å². The first kappa shape index (κ1) is 18.9. The molecule has 6 nitrogen and oxygen atoms in total. The fraction of sp³-hybridized carbons (Fsp3) is 0.235. The summed E-state index contributed by atoms with van der Waals surface area (Å²) < 4.78 is 33.4. The number of benzene rings is 1. The molecular weight excluding hydrogens is 431 g/mol. The summed E-state index contributed by atoms with van der Waals surface area (Å²) in [6, 6.07) is 6.38. The van der Waals surface area contributed by atoms with E-state index in [9.17, 15) is 13.2 Å². The summed E-state index contributed by atoms with van der Waals surface area (Å²) >= 11 is 13.4. The topological polar surface area (TPSA) is 79.5 Å². The Bertz CT molecular complexity index is 1130. The van der Waals surface area contributed by atoms with E-state index >= 15 is 0 Å². The molecule has 1 fully saturated rings. The number of carbonyl (C=O) groups excluding carboxylic acids is 1. The zero-order valence-corrected chi connectivity index (χ0v) is 17.0. The van der Waals surface area contributed by atoms with Crippen LogP contribution in [0, 0.1) is 0 Å². The zero-order chi connectivity index (χ0) is 19.2. The van der Waals surface area contributed by atoms with Gasteiger partial charge in [0.15, 0.2) is 6.29 Å². The Hall–Kier alpha value is -1.42. The smallest absolute Gasteiger partial charge is 0.243 e. The molecule has 1 saturated heterocycles. The van der Waals surface area contributed by atoms with Crippen molar-refractivity contribution in [3.05, 3.63) is 38.5 Å². The van der Waals surface area contributed by atoms with Gasteiger partial charge in [-0.05, 0) is 24.3 Å². The van der Waals surface area contributed by atoms with Gasteiger partial charge in [-0.15, -0.1) is 11.3 Å². The molecular formula is C17H14Cl2N2O4S2. The first-order valence-electron chi connectivity index (χ1n) is 8.06. The van der Waals surface area contributed by atoms with Crippen molar-refractivity contribution >= 4 is 61.8 Å². The summed E-state index contributed by atoms with van der Waals surface area (Å²) in [5, 5.41) is 0.521. The molecule has 10 heteroatoms. The molecule has 142 valence electrons. The number of ether oxygens (including phenoxy) is 1. The van der Waals surface area contributed by atoms with Crippen LogP contribution in [0.15, 0.2) is 29.2 Å². The van der Waals surface area contributed by atoms with E-state index in [1.807, 2.05) is 0 Å². The fourth-order valence-corrected chi connectivity index (χ4v) is 6.04. The average molecular weight is 445 g/mol. The van der Waals surface area contributed by atoms with Crippen LogP contribution >= 0.6 is 34.5 Å². The Labute approximate surface area is 169 Å². The Morgan fingerprint density at radius 1 is 1.19 bits per heavy atom. The summed E-state index contributed by atoms with van der Waals surface area (Å²) in [7, 11) is -3.66. The fourth-order valence-electron chi connectivity index (χ4n) is 3.13. The molecule has 4 rings (SSSR count). The zero-order valence-electron chi connectivity index (χ0n) is 13.9. The van der Waals surface area contributed by atoms with Crippen molar-refractivity contribution in [1.82, 2.24) is 9.29 Å². The van der Waals surface area contributed by atoms with Gasteiger partial charge in [-0.1, -0.05) is 23.2 Å². The molecule has 0 saturated carbocycles. The molecule has 3 heterocycles. The van der Waals surface area contributed by atoms with Crippen LogP contribution in [0.4, 0.5) is 0 Å². The van der Waals surface area contributed by atoms with Crippen molar-refractivity contribution < 1.29 is 17.9 Å². The second-order valence-electron chi connectivity index (χ2n) is 5.99. The Morgan fingerprint density at radius 3 is 2.56 bits per heavy atom. The predicted octanol–water partition coefficient (Wildman–Crippen LogP) is 4.04. The number of H-pyrrole nitrogens is 1. The highest BCUT2D eigenvalue weighted by molar-refractivity contribution is 7.89. The number of aromatic nitrogens is 1. The summed E-state index contributed by atoms with van der Waals surface area (Å²) in [4.78, 5) is 15.1. The molecule has 1 aliphatic heterocycles. The number of fused-ring (bicyclic) bond motifs is 1. The van der Waals surface area contributed by atoms with Crippen molar-refractivity contribution in [1.29, 1.82) is 0 Å². The molecule has 0 atom stereocenters. The van der Waals surface area contributed by atoms with Gasteiger partial charge in [0.05, 0.1) is 28.1 Å². The number of hydrogen-bond donors (Lipinski definition) is 1. The first-order valence-corrected chi connectivity index (χ1v) is 11.1. The third-order valence-electron chi connectivity index (χ3n) is 4.46. The van der Waals surface area contributed by atoms with Gasteiger partial charge in [0, 0.05) is 35.1 Å². The van der Waals surface area contributed by atoms with E-state index in [0.717, 1.165) is 0 Å². The van der Waals surface area contributed by atoms with Gasteiger partial charge in [-0.2, -0.15) is 4.31 Å². The molecule has 2 aromatic heterocycles. The van der Waals surface area contributed by atoms with Gasteiger partial charge in [-0.3, -0.25) is 4.79 Å². The third-order valence-corrected chi connectivity index (χ3v) is 7.84. The van der Waals surface area contributed by atoms with E-state index in [-0.39, 0.29) is 4.90 Å². The van der Waals surface area contributed by atoms with Crippen LogP contribution < -0.4 is 0 Å². The number of halogens is 2. The molecule has 1 aromatic carbocycles. The normalized spacial score (nSPS) is 16.1. The predicted molar refractivity (Wildman–Crippen MR) is 107 cm³/mol. The van der Waals surface area contributed by atoms with Gasteiger partial charge < -0.3 is 9.72 Å². The van der Waals surface area contributed by atoms with E-state index in [1.54, 1.807) is 12.1 Å². The molecule has 0 unspecified atom stereocenters. The van der Waals surface area contributed by atoms with Gasteiger partial charge in [-0.25, -0.2) is 8.42 Å². The minimum Gasteiger partial charge on any atom is -0.379 e. The second kappa shape index (κ2) is 7.20. The lowest BCUT2D eigenvalue weighted by molar-refractivity contribution is 0.0730. The first-order chi connectivity index (χ1) is 12.9. The number of aromatic amines is 1. The molecule has 0 radical (unpaired) electrons. The number of hydrogen-bond acceptors (Lipinski definition) is 5. The van der Waals surface area contributed by atoms with Crippen molar-refractivity contribution in [2.45, 2.75) is 4.90 Å². The lowest BCUT2D eigenvalue weighted by atomic mass is 10.1. The van der Waals surface area contributed by atoms with Gasteiger partial charge in [0.1, 0.15) is 4.34 Å². The molecule has 1 N–H and O–H groups in total. The monoisotopic (exact) mass is 444 g/mol. The summed E-state index contributed by atoms with van der Waals surface area (Å²) in [6.07, 6.45) is 0.696. The number of morpholine rings is 1. The number of rotatable bonds is 4. The van der Waals surface area contributed by atoms with Crippen molar-refractivity contribution in [3.63, 3.8) is 0 Å². The Kier molecular flexibility index (Phi) is 5.04. The van der Waals surface area contributed by atoms with Crippen LogP contribution in [-0.4, -0.2) is 50.3 Å². The van der Waals surface area contributed by atoms with Crippen LogP contribution in [0.25, 0.3) is 22.2 Å². The highest BCUT2D eigenvalue weighted by atomic mass is 35.5. The van der Waals surface area contributed by atoms with E-state index in [0.29, 0.717) is 69.0 Å². The quantitative estimate of drug-likeness (QED) is 0.615. The second-order valence-corrected chi connectivity index (χ2v) is 10.2. The SMILES string of the molecule is O=Cc1c(-c2cc(Cl)sc2Cl)[nH]c2ccc(S(=O)(=O)N3CCOCC3)cc12. The molecule has 0 amide bonds. The maximum atomic E-state index is 12.9. The van der Waals surface area contributed by atoms with Crippen LogP contribution in [0.5, 0.6) is 0 Å². The van der Waals surface area contributed by atoms with Crippen LogP contribution in [0.2, 0.25) is 8.67 Å². The van der Waals surface area contributed by atoms with E-state index in [1.165, 1.54) is 27.8 Å². The maximum absolute atomic E-state index is 12.9. The molecule has 0 bridgehead atoms. The molecule has 3 aromatic rings. The molecule has 0 spiro atoms. The largest absolute Gasteiger partial charge is 0.379 e. The molecule has 0 aliphatic carbocycles. The number of carbonyl (C=O) groups is 1.